The summed E-state index contributed by atoms with van der Waals surface area (Å²) in [6.07, 6.45) is 2.96. The maximum absolute atomic E-state index is 15.3. The van der Waals surface area contributed by atoms with E-state index in [0.29, 0.717) is 59.0 Å². The predicted molar refractivity (Wildman–Crippen MR) is 368 cm³/mol. The van der Waals surface area contributed by atoms with E-state index in [1.807, 2.05) is 72.8 Å². The minimum absolute atomic E-state index is 0.299. The summed E-state index contributed by atoms with van der Waals surface area (Å²) in [6, 6.07) is 92.3. The standard InChI is InChI=1S/C84H62N2O4/c1-3-5-49-85-81(87)65-47-45-63-76-68(54-39-43-62(44-40-54)74(60-35-23-12-24-36-60)72(57-29-17-9-18-30-57)58-31-19-10-20-32-58)52-70-78-66(82(88)86(84(70)90)50-6-4-2)48-46-64(80(76)78)75-67(51-69(83(85)89)77(65)79(63)75)53-37-41-61(42-38-53)73(59-33-21-11-22-34-59)71(55-25-13-7-14-26-55)56-27-15-8-16-28-56/h7-48,51-52H,3-6,49-50H2,1-2H3. The van der Waals surface area contributed by atoms with Gasteiger partial charge in [0.2, 0.25) is 0 Å². The molecule has 432 valence electrons. The molecule has 0 atom stereocenters. The van der Waals surface area contributed by atoms with Gasteiger partial charge < -0.3 is 0 Å². The molecule has 0 aromatic heterocycles. The highest BCUT2D eigenvalue weighted by Crippen LogP contribution is 2.53. The molecule has 0 spiro atoms. The van der Waals surface area contributed by atoms with Gasteiger partial charge in [0.1, 0.15) is 0 Å². The number of hydrogen-bond donors (Lipinski definition) is 0. The molecule has 13 aromatic rings. The molecule has 0 saturated carbocycles. The van der Waals surface area contributed by atoms with E-state index in [0.717, 1.165) is 134 Å². The zero-order valence-electron chi connectivity index (χ0n) is 50.2. The van der Waals surface area contributed by atoms with Gasteiger partial charge in [-0.25, -0.2) is 0 Å². The van der Waals surface area contributed by atoms with Crippen molar-refractivity contribution in [2.75, 3.05) is 13.1 Å². The quantitative estimate of drug-likeness (QED) is 0.0418. The van der Waals surface area contributed by atoms with Crippen LogP contribution < -0.4 is 0 Å². The summed E-state index contributed by atoms with van der Waals surface area (Å²) in [5.41, 5.74) is 18.0. The van der Waals surface area contributed by atoms with Crippen LogP contribution in [0, 0.1) is 0 Å². The largest absolute Gasteiger partial charge is 0.274 e. The first-order valence-electron chi connectivity index (χ1n) is 31.3. The highest BCUT2D eigenvalue weighted by atomic mass is 16.2. The number of unbranched alkanes of at least 4 members (excludes halogenated alkanes) is 2. The average molecular weight is 1160 g/mol. The molecular weight excluding hydrogens is 1100 g/mol. The van der Waals surface area contributed by atoms with Crippen LogP contribution in [0.3, 0.4) is 0 Å². The number of amides is 4. The average Bonchev–Trinajstić information content (AvgIpc) is 0.696. The van der Waals surface area contributed by atoms with Crippen LogP contribution in [0.1, 0.15) is 125 Å². The molecule has 0 fully saturated rings. The number of benzene rings is 13. The van der Waals surface area contributed by atoms with Gasteiger partial charge in [0.05, 0.1) is 0 Å². The molecule has 2 aliphatic heterocycles. The predicted octanol–water partition coefficient (Wildman–Crippen LogP) is 19.9. The van der Waals surface area contributed by atoms with Gasteiger partial charge >= 0.3 is 0 Å². The topological polar surface area (TPSA) is 74.8 Å². The van der Waals surface area contributed by atoms with Gasteiger partial charge in [-0.2, -0.15) is 0 Å². The molecular formula is C84H62N2O4. The van der Waals surface area contributed by atoms with E-state index in [2.05, 4.69) is 208 Å². The highest BCUT2D eigenvalue weighted by Gasteiger charge is 2.39. The van der Waals surface area contributed by atoms with Gasteiger partial charge in [0, 0.05) is 46.1 Å². The number of carbonyl (C=O) groups is 4. The third-order valence-corrected chi connectivity index (χ3v) is 18.3. The van der Waals surface area contributed by atoms with Gasteiger partial charge in [0.15, 0.2) is 0 Å². The fourth-order valence-electron chi connectivity index (χ4n) is 14.1. The summed E-state index contributed by atoms with van der Waals surface area (Å²) in [5.74, 6) is -1.28. The Labute approximate surface area is 523 Å². The van der Waals surface area contributed by atoms with Crippen LogP contribution in [0.2, 0.25) is 0 Å². The number of hydrogen-bond acceptors (Lipinski definition) is 4. The summed E-state index contributed by atoms with van der Waals surface area (Å²) in [6.45, 7) is 4.73. The normalized spacial score (nSPS) is 12.9. The van der Waals surface area contributed by atoms with Crippen molar-refractivity contribution in [3.63, 3.8) is 0 Å². The second-order valence-corrected chi connectivity index (χ2v) is 23.6. The summed E-state index contributed by atoms with van der Waals surface area (Å²) < 4.78 is 0. The summed E-state index contributed by atoms with van der Waals surface area (Å²) >= 11 is 0. The molecule has 2 heterocycles. The molecule has 0 N–H and O–H groups in total. The van der Waals surface area contributed by atoms with E-state index < -0.39 is 0 Å². The van der Waals surface area contributed by atoms with Crippen LogP contribution in [0.5, 0.6) is 0 Å². The van der Waals surface area contributed by atoms with E-state index >= 15 is 9.59 Å². The van der Waals surface area contributed by atoms with E-state index in [1.54, 1.807) is 0 Å². The lowest BCUT2D eigenvalue weighted by atomic mass is 9.77. The Hall–Kier alpha value is -11.1. The van der Waals surface area contributed by atoms with Gasteiger partial charge in [-0.05, 0) is 158 Å². The Kier molecular flexibility index (Phi) is 14.3. The first kappa shape index (κ1) is 55.5. The van der Waals surface area contributed by atoms with Crippen LogP contribution in [0.4, 0.5) is 0 Å². The fourth-order valence-corrected chi connectivity index (χ4v) is 14.1. The molecule has 0 saturated heterocycles. The summed E-state index contributed by atoms with van der Waals surface area (Å²) in [7, 11) is 0. The zero-order valence-corrected chi connectivity index (χ0v) is 50.2. The van der Waals surface area contributed by atoms with E-state index in [1.165, 1.54) is 9.80 Å². The molecule has 0 unspecified atom stereocenters. The van der Waals surface area contributed by atoms with Crippen LogP contribution in [0.15, 0.2) is 267 Å². The number of nitrogens with zero attached hydrogens (tertiary/aromatic N) is 2. The van der Waals surface area contributed by atoms with Crippen LogP contribution in [-0.4, -0.2) is 46.5 Å². The lowest BCUT2D eigenvalue weighted by molar-refractivity contribution is 0.0593. The monoisotopic (exact) mass is 1160 g/mol. The highest BCUT2D eigenvalue weighted by molar-refractivity contribution is 6.44. The summed E-state index contributed by atoms with van der Waals surface area (Å²) in [5, 5.41) is 6.12. The number of carbonyl (C=O) groups excluding carboxylic acids is 4. The van der Waals surface area contributed by atoms with E-state index in [4.69, 9.17) is 0 Å². The summed E-state index contributed by atoms with van der Waals surface area (Å²) in [4.78, 5) is 63.5. The number of rotatable bonds is 16. The van der Waals surface area contributed by atoms with Crippen molar-refractivity contribution in [3.8, 4) is 22.3 Å². The van der Waals surface area contributed by atoms with Crippen molar-refractivity contribution in [2.45, 2.75) is 39.5 Å². The first-order valence-corrected chi connectivity index (χ1v) is 31.3. The van der Waals surface area contributed by atoms with Gasteiger partial charge in [-0.1, -0.05) is 269 Å². The third kappa shape index (κ3) is 9.25. The smallest absolute Gasteiger partial charge is 0.261 e. The van der Waals surface area contributed by atoms with Crippen LogP contribution in [-0.2, 0) is 0 Å². The van der Waals surface area contributed by atoms with E-state index in [9.17, 15) is 9.59 Å². The molecule has 0 radical (unpaired) electrons. The third-order valence-electron chi connectivity index (χ3n) is 18.3. The Balaban J connectivity index is 1.02. The molecule has 0 aliphatic carbocycles. The molecule has 15 rings (SSSR count). The number of imide groups is 2. The second-order valence-electron chi connectivity index (χ2n) is 23.6. The van der Waals surface area contributed by atoms with Crippen LogP contribution in [0.25, 0.3) is 87.6 Å². The Morgan fingerprint density at radius 3 is 0.778 bits per heavy atom. The van der Waals surface area contributed by atoms with E-state index in [-0.39, 0.29) is 23.6 Å². The minimum atomic E-state index is -0.324. The van der Waals surface area contributed by atoms with Crippen molar-refractivity contribution in [1.29, 1.82) is 0 Å². The second kappa shape index (κ2) is 23.2. The fraction of sp³-hybridized carbons (Fsp3) is 0.0952. The SMILES string of the molecule is CCCCN1C(=O)c2ccc3c4c(-c5ccc(C(=C(c6ccccc6)c6ccccc6)c6ccccc6)cc5)cc5c6c(ccc(c7c(-c8ccc(C(=C(c9ccccc9)c9ccccc9)c9ccccc9)cc8)cc(c2c37)C1=O)c64)C(=O)N(CCCC)C5=O. The Bertz CT molecular complexity index is 4630. The molecule has 6 nitrogen and oxygen atoms in total. The van der Waals surface area contributed by atoms with Gasteiger partial charge in [0.25, 0.3) is 23.6 Å². The molecule has 6 heteroatoms. The lowest BCUT2D eigenvalue weighted by Gasteiger charge is -2.31. The van der Waals surface area contributed by atoms with Crippen molar-refractivity contribution in [1.82, 2.24) is 9.80 Å². The van der Waals surface area contributed by atoms with Crippen molar-refractivity contribution >= 4 is 89.0 Å². The molecule has 4 amide bonds. The maximum atomic E-state index is 15.3. The van der Waals surface area contributed by atoms with Gasteiger partial charge in [-0.15, -0.1) is 0 Å². The van der Waals surface area contributed by atoms with Gasteiger partial charge in [-0.3, -0.25) is 29.0 Å². The zero-order chi connectivity index (χ0) is 61.0. The van der Waals surface area contributed by atoms with Crippen molar-refractivity contribution in [3.05, 3.63) is 334 Å². The molecule has 90 heavy (non-hydrogen) atoms. The van der Waals surface area contributed by atoms with Crippen LogP contribution >= 0.6 is 0 Å². The molecule has 13 aromatic carbocycles. The maximum Gasteiger partial charge on any atom is 0.261 e. The molecule has 0 bridgehead atoms. The first-order chi connectivity index (χ1) is 44.3. The minimum Gasteiger partial charge on any atom is -0.274 e. The lowest BCUT2D eigenvalue weighted by Crippen LogP contribution is -2.41. The number of fused-ring (bicyclic) bond motifs is 2. The van der Waals surface area contributed by atoms with Crippen molar-refractivity contribution < 1.29 is 19.2 Å². The Morgan fingerprint density at radius 1 is 0.256 bits per heavy atom. The molecule has 2 aliphatic rings. The Morgan fingerprint density at radius 2 is 0.511 bits per heavy atom. The van der Waals surface area contributed by atoms with Crippen molar-refractivity contribution in [2.24, 2.45) is 0 Å².